The fourth-order valence-corrected chi connectivity index (χ4v) is 6.45. The zero-order valence-corrected chi connectivity index (χ0v) is 24.3. The molecule has 4 rings (SSSR count). The van der Waals surface area contributed by atoms with Crippen LogP contribution >= 0.6 is 34.6 Å². The predicted molar refractivity (Wildman–Crippen MR) is 160 cm³/mol. The van der Waals surface area contributed by atoms with Crippen LogP contribution in [0.4, 0.5) is 10.8 Å². The maximum atomic E-state index is 12.9. The number of anilines is 2. The van der Waals surface area contributed by atoms with Gasteiger partial charge in [0.2, 0.25) is 11.8 Å². The van der Waals surface area contributed by atoms with Crippen LogP contribution in [0.5, 0.6) is 0 Å². The van der Waals surface area contributed by atoms with Crippen molar-refractivity contribution in [2.24, 2.45) is 11.7 Å². The number of carbonyl (C=O) groups excluding carboxylic acids is 2. The van der Waals surface area contributed by atoms with Gasteiger partial charge in [-0.15, -0.1) is 11.3 Å². The number of hydrogen-bond acceptors (Lipinski definition) is 11. The van der Waals surface area contributed by atoms with Crippen molar-refractivity contribution < 1.29 is 19.1 Å². The molecule has 3 heterocycles. The van der Waals surface area contributed by atoms with Crippen LogP contribution in [0.1, 0.15) is 19.3 Å². The molecule has 0 aliphatic carbocycles. The highest BCUT2D eigenvalue weighted by molar-refractivity contribution is 8.02. The lowest BCUT2D eigenvalue weighted by Gasteiger charge is -2.30. The Morgan fingerprint density at radius 1 is 1.13 bits per heavy atom. The van der Waals surface area contributed by atoms with E-state index in [1.165, 1.54) is 15.5 Å². The number of carbonyl (C=O) groups is 2. The summed E-state index contributed by atoms with van der Waals surface area (Å²) in [6.45, 7) is 5.26. The summed E-state index contributed by atoms with van der Waals surface area (Å²) in [4.78, 5) is 31.8. The summed E-state index contributed by atoms with van der Waals surface area (Å²) in [6, 6.07) is 10.1. The monoisotopic (exact) mass is 592 g/mol. The van der Waals surface area contributed by atoms with Gasteiger partial charge in [0.25, 0.3) is 0 Å². The lowest BCUT2D eigenvalue weighted by atomic mass is 9.96. The van der Waals surface area contributed by atoms with E-state index in [2.05, 4.69) is 42.8 Å². The van der Waals surface area contributed by atoms with Crippen molar-refractivity contribution >= 4 is 67.5 Å². The third kappa shape index (κ3) is 10.0. The first-order valence-corrected chi connectivity index (χ1v) is 15.6. The predicted octanol–water partition coefficient (Wildman–Crippen LogP) is 3.63. The van der Waals surface area contributed by atoms with Gasteiger partial charge in [0.05, 0.1) is 40.9 Å². The second kappa shape index (κ2) is 16.1. The zero-order chi connectivity index (χ0) is 27.3. The normalized spacial score (nSPS) is 14.5. The molecule has 3 aromatic rings. The molecule has 2 aromatic heterocycles. The average molecular weight is 593 g/mol. The van der Waals surface area contributed by atoms with Gasteiger partial charge in [-0.2, -0.15) is 0 Å². The highest BCUT2D eigenvalue weighted by Crippen LogP contribution is 2.32. The quantitative estimate of drug-likeness (QED) is 0.145. The molecule has 1 fully saturated rings. The van der Waals surface area contributed by atoms with Crippen molar-refractivity contribution in [2.75, 3.05) is 69.2 Å². The number of hydrogen-bond donors (Lipinski definition) is 4. The number of nitrogens with zero attached hydrogens (tertiary/aromatic N) is 2. The molecular formula is C26H36N6O4S3. The molecule has 212 valence electrons. The lowest BCUT2D eigenvalue weighted by molar-refractivity contribution is -0.123. The number of benzene rings is 1. The molecule has 13 heteroatoms. The van der Waals surface area contributed by atoms with E-state index in [0.717, 1.165) is 41.8 Å². The Morgan fingerprint density at radius 2 is 1.95 bits per heavy atom. The van der Waals surface area contributed by atoms with Gasteiger partial charge in [0.1, 0.15) is 0 Å². The fraction of sp³-hybridized carbons (Fsp3) is 0.500. The van der Waals surface area contributed by atoms with E-state index >= 15 is 0 Å². The smallest absolute Gasteiger partial charge is 0.229 e. The standard InChI is InChI=1S/C26H36N6O4S3/c27-8-13-35-15-16-36-14-9-28-23(33)7-12-32-10-5-19(6-11-32)25(34)30-26-29-21-4-3-20(18-22(21)38-26)31-39-24-2-1-17-37-24/h1-4,17-19,31H,5-16,27H2,(H,28,33)(H,29,30,34). The summed E-state index contributed by atoms with van der Waals surface area (Å²) in [5.41, 5.74) is 7.22. The molecule has 0 spiro atoms. The Bertz CT molecular complexity index is 1170. The number of ether oxygens (including phenoxy) is 2. The largest absolute Gasteiger partial charge is 0.378 e. The van der Waals surface area contributed by atoms with Gasteiger partial charge in [-0.05, 0) is 67.5 Å². The summed E-state index contributed by atoms with van der Waals surface area (Å²) in [5, 5.41) is 8.59. The highest BCUT2D eigenvalue weighted by Gasteiger charge is 2.26. The van der Waals surface area contributed by atoms with Crippen molar-refractivity contribution in [3.63, 3.8) is 0 Å². The Morgan fingerprint density at radius 3 is 2.72 bits per heavy atom. The molecule has 10 nitrogen and oxygen atoms in total. The molecule has 2 amide bonds. The van der Waals surface area contributed by atoms with Crippen LogP contribution < -0.4 is 21.1 Å². The number of piperidine rings is 1. The van der Waals surface area contributed by atoms with Crippen LogP contribution in [0.25, 0.3) is 10.2 Å². The van der Waals surface area contributed by atoms with Gasteiger partial charge in [-0.1, -0.05) is 17.4 Å². The minimum absolute atomic E-state index is 0.0113. The summed E-state index contributed by atoms with van der Waals surface area (Å²) in [5.74, 6) is -0.0175. The van der Waals surface area contributed by atoms with Crippen LogP contribution in [0.15, 0.2) is 39.9 Å². The van der Waals surface area contributed by atoms with Crippen LogP contribution in [0.3, 0.4) is 0 Å². The molecule has 1 aromatic carbocycles. The molecule has 0 unspecified atom stereocenters. The van der Waals surface area contributed by atoms with Crippen LogP contribution in [-0.4, -0.2) is 80.8 Å². The first-order valence-electron chi connectivity index (χ1n) is 13.1. The molecular weight excluding hydrogens is 557 g/mol. The third-order valence-electron chi connectivity index (χ3n) is 6.20. The number of thiophene rings is 1. The fourth-order valence-electron chi connectivity index (χ4n) is 4.11. The maximum Gasteiger partial charge on any atom is 0.229 e. The molecule has 1 aliphatic heterocycles. The number of nitrogens with one attached hydrogen (secondary N) is 3. The SMILES string of the molecule is NCCOCCOCCNC(=O)CCN1CCC(C(=O)Nc2nc3ccc(NSc4cccs4)cc3s2)CC1. The number of amides is 2. The zero-order valence-electron chi connectivity index (χ0n) is 21.9. The van der Waals surface area contributed by atoms with Crippen molar-refractivity contribution in [1.82, 2.24) is 15.2 Å². The molecule has 0 atom stereocenters. The topological polar surface area (TPSA) is 131 Å². The summed E-state index contributed by atoms with van der Waals surface area (Å²) in [6.07, 6.45) is 1.98. The van der Waals surface area contributed by atoms with E-state index in [9.17, 15) is 9.59 Å². The summed E-state index contributed by atoms with van der Waals surface area (Å²) < 4.78 is 16.2. The van der Waals surface area contributed by atoms with Crippen molar-refractivity contribution in [3.8, 4) is 0 Å². The Balaban J connectivity index is 1.11. The Hall–Kier alpha value is -2.26. The second-order valence-corrected chi connectivity index (χ2v) is 12.1. The van der Waals surface area contributed by atoms with Gasteiger partial charge >= 0.3 is 0 Å². The summed E-state index contributed by atoms with van der Waals surface area (Å²) in [7, 11) is 0. The average Bonchev–Trinajstić information content (AvgIpc) is 3.61. The third-order valence-corrected chi connectivity index (χ3v) is 9.01. The first kappa shape index (κ1) is 29.7. The highest BCUT2D eigenvalue weighted by atomic mass is 32.2. The number of fused-ring (bicyclic) bond motifs is 1. The van der Waals surface area contributed by atoms with Crippen LogP contribution in [0, 0.1) is 5.92 Å². The Kier molecular flexibility index (Phi) is 12.3. The molecule has 1 saturated heterocycles. The Labute approximate surface area is 241 Å². The van der Waals surface area contributed by atoms with E-state index in [1.54, 1.807) is 23.3 Å². The van der Waals surface area contributed by atoms with E-state index < -0.39 is 0 Å². The molecule has 5 N–H and O–H groups in total. The van der Waals surface area contributed by atoms with E-state index in [1.807, 2.05) is 18.2 Å². The van der Waals surface area contributed by atoms with Gasteiger partial charge < -0.3 is 35.5 Å². The number of aromatic nitrogens is 1. The number of rotatable bonds is 16. The van der Waals surface area contributed by atoms with Gasteiger partial charge in [0, 0.05) is 37.7 Å². The molecule has 39 heavy (non-hydrogen) atoms. The number of thiazole rings is 1. The van der Waals surface area contributed by atoms with Gasteiger partial charge in [-0.3, -0.25) is 9.59 Å². The molecule has 1 aliphatic rings. The molecule has 0 bridgehead atoms. The maximum absolute atomic E-state index is 12.9. The van der Waals surface area contributed by atoms with Crippen molar-refractivity contribution in [2.45, 2.75) is 23.5 Å². The minimum Gasteiger partial charge on any atom is -0.378 e. The minimum atomic E-state index is -0.0486. The first-order chi connectivity index (χ1) is 19.1. The van der Waals surface area contributed by atoms with Gasteiger partial charge in [0.15, 0.2) is 5.13 Å². The number of likely N-dealkylation sites (tertiary alicyclic amines) is 1. The van der Waals surface area contributed by atoms with Crippen molar-refractivity contribution in [3.05, 3.63) is 35.7 Å². The van der Waals surface area contributed by atoms with Crippen LogP contribution in [-0.2, 0) is 19.1 Å². The lowest BCUT2D eigenvalue weighted by Crippen LogP contribution is -2.40. The van der Waals surface area contributed by atoms with Gasteiger partial charge in [-0.25, -0.2) is 4.98 Å². The number of nitrogens with two attached hydrogens (primary N) is 1. The van der Waals surface area contributed by atoms with E-state index in [0.29, 0.717) is 57.6 Å². The van der Waals surface area contributed by atoms with Crippen molar-refractivity contribution in [1.29, 1.82) is 0 Å². The van der Waals surface area contributed by atoms with E-state index in [-0.39, 0.29) is 17.7 Å². The molecule has 0 saturated carbocycles. The summed E-state index contributed by atoms with van der Waals surface area (Å²) >= 11 is 4.76. The van der Waals surface area contributed by atoms with Crippen LogP contribution in [0.2, 0.25) is 0 Å². The van der Waals surface area contributed by atoms with E-state index in [4.69, 9.17) is 15.2 Å². The second-order valence-electron chi connectivity index (χ2n) is 9.06. The molecule has 0 radical (unpaired) electrons.